The number of aryl methyl sites for hydroxylation is 1. The topological polar surface area (TPSA) is 105 Å². The molecular weight excluding hydrogens is 514 g/mol. The Balaban J connectivity index is 2.07. The highest BCUT2D eigenvalue weighted by Gasteiger charge is 2.38. The minimum Gasteiger partial charge on any atom is -0.437 e. The van der Waals surface area contributed by atoms with Gasteiger partial charge in [0.05, 0.1) is 15.3 Å². The summed E-state index contributed by atoms with van der Waals surface area (Å²) in [6, 6.07) is 7.79. The zero-order valence-electron chi connectivity index (χ0n) is 18.8. The molecule has 2 aromatic carbocycles. The van der Waals surface area contributed by atoms with Gasteiger partial charge in [0.2, 0.25) is 0 Å². The van der Waals surface area contributed by atoms with Crippen LogP contribution in [0.3, 0.4) is 0 Å². The molecule has 1 atom stereocenters. The summed E-state index contributed by atoms with van der Waals surface area (Å²) in [5.41, 5.74) is -3.71. The summed E-state index contributed by atoms with van der Waals surface area (Å²) in [7, 11) is -3.15. The number of aromatic nitrogens is 2. The van der Waals surface area contributed by atoms with Gasteiger partial charge in [-0.2, -0.15) is 26.3 Å². The van der Waals surface area contributed by atoms with Gasteiger partial charge in [-0.3, -0.25) is 4.79 Å². The normalized spacial score (nSPS) is 13.7. The second-order valence-electron chi connectivity index (χ2n) is 7.76. The largest absolute Gasteiger partial charge is 0.437 e. The molecule has 192 valence electrons. The van der Waals surface area contributed by atoms with Crippen molar-refractivity contribution in [2.24, 2.45) is 0 Å². The Morgan fingerprint density at radius 1 is 1.00 bits per heavy atom. The van der Waals surface area contributed by atoms with Crippen molar-refractivity contribution in [2.75, 3.05) is 11.6 Å². The summed E-state index contributed by atoms with van der Waals surface area (Å²) in [6.07, 6.45) is -8.44. The van der Waals surface area contributed by atoms with Crippen molar-refractivity contribution in [3.63, 3.8) is 0 Å². The molecule has 0 saturated heterocycles. The molecule has 0 aliphatic heterocycles. The van der Waals surface area contributed by atoms with Crippen molar-refractivity contribution in [3.8, 4) is 11.6 Å². The van der Waals surface area contributed by atoms with E-state index in [0.717, 1.165) is 25.3 Å². The highest BCUT2D eigenvalue weighted by atomic mass is 32.2. The van der Waals surface area contributed by atoms with Gasteiger partial charge in [-0.15, -0.1) is 10.2 Å². The molecule has 1 aromatic heterocycles. The van der Waals surface area contributed by atoms with Gasteiger partial charge >= 0.3 is 12.4 Å². The number of rotatable bonds is 5. The van der Waals surface area contributed by atoms with Crippen LogP contribution in [0.5, 0.6) is 11.6 Å². The predicted octanol–water partition coefficient (Wildman–Crippen LogP) is 6.21. The summed E-state index contributed by atoms with van der Waals surface area (Å²) < 4.78 is 104. The third-order valence-corrected chi connectivity index (χ3v) is 6.08. The van der Waals surface area contributed by atoms with Gasteiger partial charge in [0.1, 0.15) is 11.3 Å². The molecule has 36 heavy (non-hydrogen) atoms. The standard InChI is InChI=1S/C22H18F6N4O3S/c1-11-9-13(21(23,24)25)7-8-16(11)35-20-17(12(2)18(31-32-20)22(26,27)28)19(33)30-14-5-4-6-15(10-14)36(3,29)34/h4-10,29H,1-3H3,(H,30,33)/t36-/m0/s1. The van der Waals surface area contributed by atoms with E-state index in [4.69, 9.17) is 9.52 Å². The summed E-state index contributed by atoms with van der Waals surface area (Å²) in [6.45, 7) is 2.25. The number of halogens is 6. The zero-order valence-corrected chi connectivity index (χ0v) is 19.7. The number of nitrogens with zero attached hydrogens (tertiary/aromatic N) is 2. The maximum absolute atomic E-state index is 13.4. The van der Waals surface area contributed by atoms with Crippen LogP contribution in [0.2, 0.25) is 0 Å². The molecule has 3 aromatic rings. The third kappa shape index (κ3) is 5.93. The van der Waals surface area contributed by atoms with E-state index in [1.54, 1.807) is 0 Å². The number of hydrogen-bond acceptors (Lipinski definition) is 6. The Labute approximate surface area is 201 Å². The first-order valence-corrected chi connectivity index (χ1v) is 11.9. The van der Waals surface area contributed by atoms with Crippen LogP contribution >= 0.6 is 0 Å². The highest BCUT2D eigenvalue weighted by Crippen LogP contribution is 2.37. The molecule has 0 aliphatic rings. The van der Waals surface area contributed by atoms with Gasteiger partial charge in [-0.25, -0.2) is 8.99 Å². The molecule has 0 radical (unpaired) electrons. The van der Waals surface area contributed by atoms with Gasteiger partial charge in [0.15, 0.2) is 5.69 Å². The van der Waals surface area contributed by atoms with E-state index < -0.39 is 56.3 Å². The zero-order chi connectivity index (χ0) is 27.1. The molecule has 1 amide bonds. The Hall–Kier alpha value is -3.68. The van der Waals surface area contributed by atoms with E-state index >= 15 is 0 Å². The lowest BCUT2D eigenvalue weighted by atomic mass is 10.1. The molecule has 7 nitrogen and oxygen atoms in total. The van der Waals surface area contributed by atoms with E-state index in [1.165, 1.54) is 31.2 Å². The Morgan fingerprint density at radius 2 is 1.67 bits per heavy atom. The van der Waals surface area contributed by atoms with Crippen molar-refractivity contribution in [2.45, 2.75) is 31.1 Å². The molecule has 1 heterocycles. The minimum atomic E-state index is -4.96. The van der Waals surface area contributed by atoms with E-state index in [1.807, 2.05) is 0 Å². The van der Waals surface area contributed by atoms with E-state index in [0.29, 0.717) is 6.07 Å². The summed E-state index contributed by atoms with van der Waals surface area (Å²) in [4.78, 5) is 13.1. The fraction of sp³-hybridized carbons (Fsp3) is 0.227. The lowest BCUT2D eigenvalue weighted by molar-refractivity contribution is -0.142. The van der Waals surface area contributed by atoms with Crippen molar-refractivity contribution in [1.82, 2.24) is 10.2 Å². The third-order valence-electron chi connectivity index (χ3n) is 4.93. The maximum atomic E-state index is 13.4. The first kappa shape index (κ1) is 26.9. The average Bonchev–Trinajstić information content (AvgIpc) is 2.73. The second kappa shape index (κ2) is 9.41. The van der Waals surface area contributed by atoms with Crippen LogP contribution in [0.1, 0.15) is 32.7 Å². The number of amides is 1. The number of benzene rings is 2. The molecular formula is C22H18F6N4O3S. The molecule has 0 unspecified atom stereocenters. The van der Waals surface area contributed by atoms with Crippen molar-refractivity contribution in [1.29, 1.82) is 4.78 Å². The van der Waals surface area contributed by atoms with Gasteiger partial charge < -0.3 is 10.1 Å². The van der Waals surface area contributed by atoms with Crippen molar-refractivity contribution in [3.05, 3.63) is 70.4 Å². The summed E-state index contributed by atoms with van der Waals surface area (Å²) in [5, 5.41) is 8.84. The van der Waals surface area contributed by atoms with Crippen LogP contribution in [-0.4, -0.2) is 26.6 Å². The number of anilines is 1. The number of carbonyl (C=O) groups excluding carboxylic acids is 1. The molecule has 0 aliphatic carbocycles. The number of ether oxygens (including phenoxy) is 1. The van der Waals surface area contributed by atoms with Crippen LogP contribution in [0.4, 0.5) is 32.0 Å². The van der Waals surface area contributed by atoms with Gasteiger partial charge in [-0.05, 0) is 61.4 Å². The van der Waals surface area contributed by atoms with E-state index in [2.05, 4.69) is 15.5 Å². The fourth-order valence-electron chi connectivity index (χ4n) is 3.16. The molecule has 0 saturated carbocycles. The SMILES string of the molecule is Cc1cc(C(F)(F)F)ccc1Oc1nnc(C(F)(F)F)c(C)c1C(=O)Nc1cccc([S@@](C)(=N)=O)c1. The highest BCUT2D eigenvalue weighted by molar-refractivity contribution is 7.91. The van der Waals surface area contributed by atoms with Crippen LogP contribution < -0.4 is 10.1 Å². The smallest absolute Gasteiger partial charge is 0.435 e. The van der Waals surface area contributed by atoms with E-state index in [9.17, 15) is 35.3 Å². The van der Waals surface area contributed by atoms with E-state index in [-0.39, 0.29) is 21.9 Å². The lowest BCUT2D eigenvalue weighted by Gasteiger charge is -2.17. The maximum Gasteiger partial charge on any atom is 0.435 e. The first-order valence-electron chi connectivity index (χ1n) is 9.94. The van der Waals surface area contributed by atoms with Crippen LogP contribution in [0.15, 0.2) is 47.4 Å². The number of nitrogens with one attached hydrogen (secondary N) is 2. The molecule has 3 rings (SSSR count). The number of hydrogen-bond donors (Lipinski definition) is 2. The van der Waals surface area contributed by atoms with Gasteiger partial charge in [-0.1, -0.05) is 6.07 Å². The molecule has 0 fully saturated rings. The van der Waals surface area contributed by atoms with Crippen molar-refractivity contribution >= 4 is 21.3 Å². The van der Waals surface area contributed by atoms with Crippen molar-refractivity contribution < 1.29 is 40.1 Å². The Morgan fingerprint density at radius 3 is 2.22 bits per heavy atom. The summed E-state index contributed by atoms with van der Waals surface area (Å²) in [5.74, 6) is -1.96. The Kier molecular flexibility index (Phi) is 7.03. The number of carbonyl (C=O) groups is 1. The fourth-order valence-corrected chi connectivity index (χ4v) is 3.85. The number of alkyl halides is 6. The molecule has 0 bridgehead atoms. The molecule has 0 spiro atoms. The lowest BCUT2D eigenvalue weighted by Crippen LogP contribution is -2.21. The second-order valence-corrected chi connectivity index (χ2v) is 9.92. The monoisotopic (exact) mass is 532 g/mol. The van der Waals surface area contributed by atoms with Crippen LogP contribution in [-0.2, 0) is 22.1 Å². The van der Waals surface area contributed by atoms with Crippen LogP contribution in [0.25, 0.3) is 0 Å². The quantitative estimate of drug-likeness (QED) is 0.380. The Bertz CT molecular complexity index is 1440. The minimum absolute atomic E-state index is 0.0172. The summed E-state index contributed by atoms with van der Waals surface area (Å²) >= 11 is 0. The van der Waals surface area contributed by atoms with Crippen LogP contribution in [0, 0.1) is 18.6 Å². The molecule has 14 heteroatoms. The van der Waals surface area contributed by atoms with Gasteiger partial charge in [0.25, 0.3) is 11.8 Å². The van der Waals surface area contributed by atoms with Gasteiger partial charge in [0, 0.05) is 16.8 Å². The average molecular weight is 532 g/mol. The first-order chi connectivity index (χ1) is 16.5. The molecule has 2 N–H and O–H groups in total. The predicted molar refractivity (Wildman–Crippen MR) is 117 cm³/mol.